The van der Waals surface area contributed by atoms with Crippen molar-refractivity contribution < 1.29 is 4.79 Å². The Morgan fingerprint density at radius 1 is 1.24 bits per heavy atom. The third-order valence-corrected chi connectivity index (χ3v) is 3.99. The van der Waals surface area contributed by atoms with Gasteiger partial charge in [0.1, 0.15) is 0 Å². The van der Waals surface area contributed by atoms with Gasteiger partial charge in [-0.15, -0.1) is 11.3 Å². The summed E-state index contributed by atoms with van der Waals surface area (Å²) in [5, 5.41) is 0.726. The van der Waals surface area contributed by atoms with Crippen LogP contribution in [0.5, 0.6) is 0 Å². The van der Waals surface area contributed by atoms with Crippen LogP contribution in [0.1, 0.15) is 29.4 Å². The lowest BCUT2D eigenvalue weighted by molar-refractivity contribution is 0.0985. The lowest BCUT2D eigenvalue weighted by Gasteiger charge is -1.99. The minimum atomic E-state index is 0.218. The molecule has 0 saturated heterocycles. The van der Waals surface area contributed by atoms with Gasteiger partial charge < -0.3 is 0 Å². The topological polar surface area (TPSA) is 17.1 Å². The fourth-order valence-electron chi connectivity index (χ4n) is 1.64. The molecule has 0 N–H and O–H groups in total. The van der Waals surface area contributed by atoms with Gasteiger partial charge >= 0.3 is 0 Å². The van der Waals surface area contributed by atoms with Crippen LogP contribution < -0.4 is 0 Å². The number of halogens is 1. The van der Waals surface area contributed by atoms with Crippen LogP contribution in [0.3, 0.4) is 0 Å². The number of hydrogen-bond acceptors (Lipinski definition) is 2. The molecule has 0 bridgehead atoms. The highest BCUT2D eigenvalue weighted by Crippen LogP contribution is 2.33. The molecule has 1 heterocycles. The minimum absolute atomic E-state index is 0.218. The van der Waals surface area contributed by atoms with Gasteiger partial charge in [0, 0.05) is 21.9 Å². The van der Waals surface area contributed by atoms with Gasteiger partial charge in [-0.05, 0) is 24.6 Å². The van der Waals surface area contributed by atoms with Gasteiger partial charge in [0.25, 0.3) is 0 Å². The summed E-state index contributed by atoms with van der Waals surface area (Å²) in [6, 6.07) is 11.6. The van der Waals surface area contributed by atoms with Crippen molar-refractivity contribution in [3.63, 3.8) is 0 Å². The Labute approximate surface area is 110 Å². The number of carbonyl (C=O) groups excluding carboxylic acids is 1. The van der Waals surface area contributed by atoms with E-state index in [-0.39, 0.29) is 5.78 Å². The van der Waals surface area contributed by atoms with Gasteiger partial charge in [-0.2, -0.15) is 0 Å². The van der Waals surface area contributed by atoms with E-state index in [2.05, 4.69) is 0 Å². The zero-order chi connectivity index (χ0) is 12.3. The third-order valence-electron chi connectivity index (χ3n) is 2.50. The van der Waals surface area contributed by atoms with Gasteiger partial charge in [0.2, 0.25) is 0 Å². The van der Waals surface area contributed by atoms with Gasteiger partial charge in [-0.3, -0.25) is 4.79 Å². The monoisotopic (exact) mass is 264 g/mol. The van der Waals surface area contributed by atoms with E-state index < -0.39 is 0 Å². The lowest BCUT2D eigenvalue weighted by Crippen LogP contribution is -1.93. The van der Waals surface area contributed by atoms with E-state index in [1.165, 1.54) is 11.3 Å². The lowest BCUT2D eigenvalue weighted by atomic mass is 10.2. The Bertz CT molecular complexity index is 531. The maximum atomic E-state index is 11.8. The van der Waals surface area contributed by atoms with E-state index in [0.717, 1.165) is 26.8 Å². The van der Waals surface area contributed by atoms with Crippen molar-refractivity contribution in [1.29, 1.82) is 0 Å². The van der Waals surface area contributed by atoms with Crippen molar-refractivity contribution in [3.05, 3.63) is 46.3 Å². The highest BCUT2D eigenvalue weighted by Gasteiger charge is 2.10. The number of carbonyl (C=O) groups is 1. The first kappa shape index (κ1) is 12.3. The maximum Gasteiger partial charge on any atom is 0.172 e. The molecule has 0 atom stereocenters. The number of ketones is 1. The van der Waals surface area contributed by atoms with E-state index in [9.17, 15) is 4.79 Å². The average Bonchev–Trinajstić information content (AvgIpc) is 2.79. The van der Waals surface area contributed by atoms with Crippen LogP contribution in [0.2, 0.25) is 5.02 Å². The molecule has 0 amide bonds. The van der Waals surface area contributed by atoms with Crippen molar-refractivity contribution in [2.24, 2.45) is 0 Å². The number of benzene rings is 1. The summed E-state index contributed by atoms with van der Waals surface area (Å²) in [6.07, 6.45) is 1.50. The van der Waals surface area contributed by atoms with Crippen molar-refractivity contribution >= 4 is 28.7 Å². The van der Waals surface area contributed by atoms with Crippen LogP contribution in [0.4, 0.5) is 0 Å². The molecule has 2 rings (SSSR count). The van der Waals surface area contributed by atoms with Crippen molar-refractivity contribution in [1.82, 2.24) is 0 Å². The summed E-state index contributed by atoms with van der Waals surface area (Å²) in [7, 11) is 0. The Morgan fingerprint density at radius 3 is 2.71 bits per heavy atom. The third kappa shape index (κ3) is 2.76. The van der Waals surface area contributed by atoms with E-state index in [1.807, 2.05) is 43.3 Å². The normalized spacial score (nSPS) is 10.5. The van der Waals surface area contributed by atoms with Crippen LogP contribution in [0.15, 0.2) is 36.4 Å². The first-order valence-electron chi connectivity index (χ1n) is 5.60. The zero-order valence-electron chi connectivity index (χ0n) is 9.57. The maximum absolute atomic E-state index is 11.8. The number of rotatable bonds is 4. The van der Waals surface area contributed by atoms with Crippen LogP contribution in [0.25, 0.3) is 10.4 Å². The highest BCUT2D eigenvalue weighted by molar-refractivity contribution is 7.17. The van der Waals surface area contributed by atoms with Gasteiger partial charge in [0.15, 0.2) is 5.78 Å². The van der Waals surface area contributed by atoms with E-state index >= 15 is 0 Å². The molecular formula is C14H13ClOS. The average molecular weight is 265 g/mol. The molecule has 0 saturated carbocycles. The van der Waals surface area contributed by atoms with Crippen molar-refractivity contribution in [2.75, 3.05) is 0 Å². The molecule has 2 aromatic rings. The van der Waals surface area contributed by atoms with E-state index in [4.69, 9.17) is 11.6 Å². The van der Waals surface area contributed by atoms with Gasteiger partial charge in [-0.1, -0.05) is 36.7 Å². The molecule has 3 heteroatoms. The molecule has 0 fully saturated rings. The van der Waals surface area contributed by atoms with E-state index in [0.29, 0.717) is 6.42 Å². The van der Waals surface area contributed by atoms with Gasteiger partial charge in [0.05, 0.1) is 4.88 Å². The predicted octanol–water partition coefficient (Wildman–Crippen LogP) is 5.05. The summed E-state index contributed by atoms with van der Waals surface area (Å²) < 4.78 is 0. The summed E-state index contributed by atoms with van der Waals surface area (Å²) >= 11 is 7.64. The molecule has 0 aliphatic rings. The summed E-state index contributed by atoms with van der Waals surface area (Å²) in [4.78, 5) is 13.6. The van der Waals surface area contributed by atoms with Crippen molar-refractivity contribution in [3.8, 4) is 10.4 Å². The molecular weight excluding hydrogens is 252 g/mol. The summed E-state index contributed by atoms with van der Waals surface area (Å²) in [6.45, 7) is 2.01. The molecule has 0 aliphatic carbocycles. The van der Waals surface area contributed by atoms with Crippen molar-refractivity contribution in [2.45, 2.75) is 19.8 Å². The molecule has 88 valence electrons. The van der Waals surface area contributed by atoms with Crippen LogP contribution in [-0.2, 0) is 0 Å². The second-order valence-corrected chi connectivity index (χ2v) is 5.31. The van der Waals surface area contributed by atoms with Crippen LogP contribution in [-0.4, -0.2) is 5.78 Å². The second-order valence-electron chi connectivity index (χ2n) is 3.82. The Hall–Kier alpha value is -1.12. The largest absolute Gasteiger partial charge is 0.293 e. The standard InChI is InChI=1S/C14H13ClOS/c1-2-5-12(16)14-9-8-13(17-14)10-6-3-4-7-11(10)15/h3-4,6-9H,2,5H2,1H3. The fourth-order valence-corrected chi connectivity index (χ4v) is 2.95. The quantitative estimate of drug-likeness (QED) is 0.706. The summed E-state index contributed by atoms with van der Waals surface area (Å²) in [5.41, 5.74) is 0.995. The predicted molar refractivity (Wildman–Crippen MR) is 74.0 cm³/mol. The van der Waals surface area contributed by atoms with Crippen LogP contribution in [0, 0.1) is 0 Å². The molecule has 1 aromatic carbocycles. The minimum Gasteiger partial charge on any atom is -0.293 e. The Kier molecular flexibility index (Phi) is 3.97. The molecule has 0 unspecified atom stereocenters. The molecule has 0 aliphatic heterocycles. The number of Topliss-reactive ketones (excluding diaryl/α,β-unsaturated/α-hetero) is 1. The Morgan fingerprint density at radius 2 is 2.00 bits per heavy atom. The molecule has 0 radical (unpaired) electrons. The first-order valence-corrected chi connectivity index (χ1v) is 6.79. The number of thiophene rings is 1. The molecule has 0 spiro atoms. The molecule has 1 nitrogen and oxygen atoms in total. The molecule has 1 aromatic heterocycles. The first-order chi connectivity index (χ1) is 8.22. The SMILES string of the molecule is CCCC(=O)c1ccc(-c2ccccc2Cl)s1. The van der Waals surface area contributed by atoms with Gasteiger partial charge in [-0.25, -0.2) is 0 Å². The molecule has 17 heavy (non-hydrogen) atoms. The Balaban J connectivity index is 2.30. The van der Waals surface area contributed by atoms with Crippen LogP contribution >= 0.6 is 22.9 Å². The fraction of sp³-hybridized carbons (Fsp3) is 0.214. The number of hydrogen-bond donors (Lipinski definition) is 0. The summed E-state index contributed by atoms with van der Waals surface area (Å²) in [5.74, 6) is 0.218. The smallest absolute Gasteiger partial charge is 0.172 e. The second kappa shape index (κ2) is 5.48. The highest BCUT2D eigenvalue weighted by atomic mass is 35.5. The zero-order valence-corrected chi connectivity index (χ0v) is 11.1. The van der Waals surface area contributed by atoms with E-state index in [1.54, 1.807) is 0 Å².